The Balaban J connectivity index is 1.64. The molecule has 0 saturated heterocycles. The number of aryl methyl sites for hydroxylation is 1. The number of carbonyl (C=O) groups is 1. The second kappa shape index (κ2) is 6.57. The minimum Gasteiger partial charge on any atom is -0.329 e. The average molecular weight is 352 g/mol. The lowest BCUT2D eigenvalue weighted by Gasteiger charge is -2.34. The largest absolute Gasteiger partial charge is 0.329 e. The maximum atomic E-state index is 13.3. The van der Waals surface area contributed by atoms with Crippen LogP contribution in [0.25, 0.3) is 10.9 Å². The summed E-state index contributed by atoms with van der Waals surface area (Å²) in [5.74, 6) is -0.0101. The zero-order valence-corrected chi connectivity index (χ0v) is 15.5. The van der Waals surface area contributed by atoms with E-state index in [1.807, 2.05) is 48.5 Å². The highest BCUT2D eigenvalue weighted by atomic mass is 16.2. The van der Waals surface area contributed by atoms with Gasteiger partial charge in [0.15, 0.2) is 5.69 Å². The molecule has 136 valence electrons. The molecule has 0 aliphatic carbocycles. The van der Waals surface area contributed by atoms with Gasteiger partial charge in [-0.05, 0) is 39.2 Å². The van der Waals surface area contributed by atoms with Crippen molar-refractivity contribution < 1.29 is 4.79 Å². The zero-order chi connectivity index (χ0) is 18.3. The van der Waals surface area contributed by atoms with Crippen molar-refractivity contribution in [2.75, 3.05) is 27.2 Å². The second-order valence-electron chi connectivity index (χ2n) is 7.19. The Hall–Kier alpha value is -2.67. The van der Waals surface area contributed by atoms with E-state index in [1.54, 1.807) is 4.68 Å². The van der Waals surface area contributed by atoms with Gasteiger partial charge in [-0.2, -0.15) is 10.2 Å². The van der Waals surface area contributed by atoms with E-state index < -0.39 is 0 Å². The molecule has 1 atom stereocenters. The molecule has 1 aliphatic rings. The number of hydrogen-bond donors (Lipinski definition) is 0. The lowest BCUT2D eigenvalue weighted by atomic mass is 10.1. The molecular weight excluding hydrogens is 328 g/mol. The Bertz CT molecular complexity index is 941. The summed E-state index contributed by atoms with van der Waals surface area (Å²) in [6, 6.07) is 10.1. The molecule has 0 saturated carbocycles. The van der Waals surface area contributed by atoms with Crippen LogP contribution in [0.15, 0.2) is 36.5 Å². The molecule has 0 fully saturated rings. The van der Waals surface area contributed by atoms with E-state index in [-0.39, 0.29) is 11.9 Å². The quantitative estimate of drug-likeness (QED) is 0.720. The van der Waals surface area contributed by atoms with Crippen molar-refractivity contribution in [1.29, 1.82) is 0 Å². The van der Waals surface area contributed by atoms with E-state index in [0.717, 1.165) is 29.6 Å². The molecule has 0 bridgehead atoms. The molecule has 3 aromatic rings. The van der Waals surface area contributed by atoms with E-state index in [2.05, 4.69) is 33.9 Å². The molecule has 2 aromatic heterocycles. The Morgan fingerprint density at radius 3 is 2.88 bits per heavy atom. The monoisotopic (exact) mass is 352 g/mol. The molecule has 0 spiro atoms. The first-order chi connectivity index (χ1) is 12.5. The summed E-state index contributed by atoms with van der Waals surface area (Å²) in [5, 5.41) is 9.89. The van der Waals surface area contributed by atoms with Gasteiger partial charge in [-0.25, -0.2) is 0 Å². The van der Waals surface area contributed by atoms with Crippen LogP contribution in [0.2, 0.25) is 0 Å². The number of para-hydroxylation sites is 1. The van der Waals surface area contributed by atoms with Crippen molar-refractivity contribution in [3.05, 3.63) is 47.9 Å². The molecule has 0 unspecified atom stereocenters. The molecule has 4 rings (SSSR count). The van der Waals surface area contributed by atoms with Crippen molar-refractivity contribution in [2.45, 2.75) is 19.0 Å². The van der Waals surface area contributed by atoms with E-state index in [0.29, 0.717) is 18.8 Å². The number of benzene rings is 1. The molecule has 1 amide bonds. The summed E-state index contributed by atoms with van der Waals surface area (Å²) in [6.07, 6.45) is 2.77. The summed E-state index contributed by atoms with van der Waals surface area (Å²) in [4.78, 5) is 17.3. The Morgan fingerprint density at radius 2 is 2.08 bits per heavy atom. The van der Waals surface area contributed by atoms with Gasteiger partial charge in [0.2, 0.25) is 0 Å². The van der Waals surface area contributed by atoms with Crippen LogP contribution in [0, 0.1) is 0 Å². The van der Waals surface area contributed by atoms with Crippen molar-refractivity contribution in [1.82, 2.24) is 29.4 Å². The normalized spacial score (nSPS) is 17.1. The predicted octanol–water partition coefficient (Wildman–Crippen LogP) is 1.92. The third-order valence-corrected chi connectivity index (χ3v) is 5.04. The Kier molecular flexibility index (Phi) is 4.24. The number of hydrogen-bond acceptors (Lipinski definition) is 4. The molecular formula is C19H24N6O. The number of fused-ring (bicyclic) bond motifs is 2. The first kappa shape index (κ1) is 16.8. The summed E-state index contributed by atoms with van der Waals surface area (Å²) in [6.45, 7) is 2.19. The van der Waals surface area contributed by atoms with Crippen LogP contribution in [-0.4, -0.2) is 62.5 Å². The van der Waals surface area contributed by atoms with Crippen LogP contribution in [0.3, 0.4) is 0 Å². The lowest BCUT2D eigenvalue weighted by molar-refractivity contribution is 0.0655. The first-order valence-corrected chi connectivity index (χ1v) is 8.92. The second-order valence-corrected chi connectivity index (χ2v) is 7.19. The SMILES string of the molecule is CN(C)CC[C@H]1CN(C(=O)c2nn(C)c3ccccc23)Cc2ccnn21. The van der Waals surface area contributed by atoms with Crippen molar-refractivity contribution in [3.8, 4) is 0 Å². The van der Waals surface area contributed by atoms with Gasteiger partial charge in [0.25, 0.3) is 5.91 Å². The fourth-order valence-corrected chi connectivity index (χ4v) is 3.68. The Labute approximate surface area is 152 Å². The van der Waals surface area contributed by atoms with Crippen LogP contribution >= 0.6 is 0 Å². The fourth-order valence-electron chi connectivity index (χ4n) is 3.68. The van der Waals surface area contributed by atoms with Gasteiger partial charge in [0.05, 0.1) is 23.8 Å². The third kappa shape index (κ3) is 2.88. The van der Waals surface area contributed by atoms with Gasteiger partial charge in [-0.3, -0.25) is 14.2 Å². The molecule has 7 nitrogen and oxygen atoms in total. The van der Waals surface area contributed by atoms with Gasteiger partial charge in [-0.1, -0.05) is 18.2 Å². The average Bonchev–Trinajstić information content (AvgIpc) is 3.24. The van der Waals surface area contributed by atoms with Crippen LogP contribution in [0.1, 0.15) is 28.6 Å². The van der Waals surface area contributed by atoms with E-state index in [9.17, 15) is 4.79 Å². The fraction of sp³-hybridized carbons (Fsp3) is 0.421. The number of aromatic nitrogens is 4. The number of rotatable bonds is 4. The minimum atomic E-state index is -0.0101. The van der Waals surface area contributed by atoms with Gasteiger partial charge < -0.3 is 9.80 Å². The Morgan fingerprint density at radius 1 is 1.27 bits per heavy atom. The number of carbonyl (C=O) groups excluding carboxylic acids is 1. The van der Waals surface area contributed by atoms with E-state index in [1.165, 1.54) is 0 Å². The summed E-state index contributed by atoms with van der Waals surface area (Å²) in [7, 11) is 6.01. The summed E-state index contributed by atoms with van der Waals surface area (Å²) >= 11 is 0. The summed E-state index contributed by atoms with van der Waals surface area (Å²) in [5.41, 5.74) is 2.58. The highest BCUT2D eigenvalue weighted by Crippen LogP contribution is 2.26. The van der Waals surface area contributed by atoms with E-state index >= 15 is 0 Å². The number of amides is 1. The van der Waals surface area contributed by atoms with Crippen LogP contribution in [0.5, 0.6) is 0 Å². The molecule has 1 aliphatic heterocycles. The van der Waals surface area contributed by atoms with Gasteiger partial charge >= 0.3 is 0 Å². The van der Waals surface area contributed by atoms with Crippen molar-refractivity contribution >= 4 is 16.8 Å². The molecule has 1 aromatic carbocycles. The molecule has 7 heteroatoms. The van der Waals surface area contributed by atoms with Gasteiger partial charge in [0, 0.05) is 25.2 Å². The van der Waals surface area contributed by atoms with Crippen LogP contribution < -0.4 is 0 Å². The number of nitrogens with zero attached hydrogens (tertiary/aromatic N) is 6. The van der Waals surface area contributed by atoms with Crippen LogP contribution in [0.4, 0.5) is 0 Å². The van der Waals surface area contributed by atoms with Gasteiger partial charge in [0.1, 0.15) is 0 Å². The van der Waals surface area contributed by atoms with Crippen molar-refractivity contribution in [2.24, 2.45) is 7.05 Å². The smallest absolute Gasteiger partial charge is 0.275 e. The van der Waals surface area contributed by atoms with Gasteiger partial charge in [-0.15, -0.1) is 0 Å². The zero-order valence-electron chi connectivity index (χ0n) is 15.5. The standard InChI is InChI=1S/C19H24N6O/c1-22(2)11-9-15-13-24(12-14-8-10-20-25(14)15)19(26)18-16-6-4-5-7-17(16)23(3)21-18/h4-8,10,15H,9,11-13H2,1-3H3/t15-/m0/s1. The topological polar surface area (TPSA) is 59.2 Å². The highest BCUT2D eigenvalue weighted by Gasteiger charge is 2.30. The highest BCUT2D eigenvalue weighted by molar-refractivity contribution is 6.04. The maximum Gasteiger partial charge on any atom is 0.275 e. The van der Waals surface area contributed by atoms with E-state index in [4.69, 9.17) is 0 Å². The molecule has 0 radical (unpaired) electrons. The third-order valence-electron chi connectivity index (χ3n) is 5.04. The lowest BCUT2D eigenvalue weighted by Crippen LogP contribution is -2.42. The van der Waals surface area contributed by atoms with Crippen LogP contribution in [-0.2, 0) is 13.6 Å². The predicted molar refractivity (Wildman–Crippen MR) is 99.9 cm³/mol. The van der Waals surface area contributed by atoms with Crippen molar-refractivity contribution in [3.63, 3.8) is 0 Å². The maximum absolute atomic E-state index is 13.3. The first-order valence-electron chi connectivity index (χ1n) is 8.92. The molecule has 3 heterocycles. The minimum absolute atomic E-state index is 0.0101. The summed E-state index contributed by atoms with van der Waals surface area (Å²) < 4.78 is 3.85. The molecule has 26 heavy (non-hydrogen) atoms. The molecule has 0 N–H and O–H groups in total.